The van der Waals surface area contributed by atoms with E-state index >= 15 is 0 Å². The molecule has 1 aliphatic carbocycles. The molecule has 1 saturated carbocycles. The van der Waals surface area contributed by atoms with E-state index in [4.69, 9.17) is 0 Å². The minimum atomic E-state index is 0.392. The Morgan fingerprint density at radius 3 is 2.15 bits per heavy atom. The summed E-state index contributed by atoms with van der Waals surface area (Å²) in [5.41, 5.74) is 4.13. The SMILES string of the molecule is Cc1ccc(C(NC(C)c2ccccc2)C2CC2)cc1. The van der Waals surface area contributed by atoms with Gasteiger partial charge in [0.25, 0.3) is 0 Å². The Bertz CT molecular complexity index is 540. The van der Waals surface area contributed by atoms with Crippen LogP contribution in [0.3, 0.4) is 0 Å². The van der Waals surface area contributed by atoms with E-state index in [1.807, 2.05) is 0 Å². The number of hydrogen-bond donors (Lipinski definition) is 1. The molecule has 1 aliphatic rings. The first-order valence-corrected chi connectivity index (χ1v) is 7.61. The van der Waals surface area contributed by atoms with Gasteiger partial charge in [0.2, 0.25) is 0 Å². The molecule has 20 heavy (non-hydrogen) atoms. The van der Waals surface area contributed by atoms with Gasteiger partial charge in [-0.1, -0.05) is 60.2 Å². The minimum Gasteiger partial charge on any atom is -0.303 e. The minimum absolute atomic E-state index is 0.392. The van der Waals surface area contributed by atoms with E-state index in [-0.39, 0.29) is 0 Å². The molecule has 2 aromatic carbocycles. The smallest absolute Gasteiger partial charge is 0.0353 e. The molecule has 1 nitrogen and oxygen atoms in total. The summed E-state index contributed by atoms with van der Waals surface area (Å²) in [5, 5.41) is 3.83. The summed E-state index contributed by atoms with van der Waals surface area (Å²) in [6.07, 6.45) is 2.71. The molecule has 0 bridgehead atoms. The normalized spacial score (nSPS) is 17.7. The van der Waals surface area contributed by atoms with Crippen LogP contribution >= 0.6 is 0 Å². The highest BCUT2D eigenvalue weighted by Gasteiger charge is 2.33. The van der Waals surface area contributed by atoms with E-state index in [1.54, 1.807) is 0 Å². The molecule has 0 radical (unpaired) electrons. The molecule has 104 valence electrons. The molecule has 0 aromatic heterocycles. The molecule has 2 atom stereocenters. The van der Waals surface area contributed by atoms with Crippen LogP contribution in [0.1, 0.15) is 48.5 Å². The van der Waals surface area contributed by atoms with Crippen molar-refractivity contribution >= 4 is 0 Å². The molecular weight excluding hydrogens is 242 g/mol. The molecular formula is C19H23N. The van der Waals surface area contributed by atoms with Gasteiger partial charge in [-0.25, -0.2) is 0 Å². The van der Waals surface area contributed by atoms with Gasteiger partial charge in [0, 0.05) is 12.1 Å². The first-order chi connectivity index (χ1) is 9.74. The second kappa shape index (κ2) is 5.80. The molecule has 1 N–H and O–H groups in total. The van der Waals surface area contributed by atoms with E-state index < -0.39 is 0 Å². The number of benzene rings is 2. The molecule has 0 amide bonds. The molecule has 0 spiro atoms. The van der Waals surface area contributed by atoms with Crippen molar-refractivity contribution in [1.29, 1.82) is 0 Å². The lowest BCUT2D eigenvalue weighted by atomic mass is 9.98. The number of rotatable bonds is 5. The van der Waals surface area contributed by atoms with E-state index in [0.717, 1.165) is 5.92 Å². The second-order valence-corrected chi connectivity index (χ2v) is 6.02. The van der Waals surface area contributed by atoms with Crippen LogP contribution in [-0.4, -0.2) is 0 Å². The van der Waals surface area contributed by atoms with Gasteiger partial charge in [-0.3, -0.25) is 0 Å². The fraction of sp³-hybridized carbons (Fsp3) is 0.368. The lowest BCUT2D eigenvalue weighted by Gasteiger charge is -2.24. The lowest BCUT2D eigenvalue weighted by Crippen LogP contribution is -2.26. The Morgan fingerprint density at radius 1 is 0.900 bits per heavy atom. The van der Waals surface area contributed by atoms with Crippen molar-refractivity contribution in [3.05, 3.63) is 71.3 Å². The highest BCUT2D eigenvalue weighted by Crippen LogP contribution is 2.42. The van der Waals surface area contributed by atoms with Crippen LogP contribution in [0.2, 0.25) is 0 Å². The maximum absolute atomic E-state index is 3.83. The van der Waals surface area contributed by atoms with Crippen molar-refractivity contribution < 1.29 is 0 Å². The largest absolute Gasteiger partial charge is 0.303 e. The van der Waals surface area contributed by atoms with Crippen LogP contribution < -0.4 is 5.32 Å². The van der Waals surface area contributed by atoms with Gasteiger partial charge in [0.1, 0.15) is 0 Å². The van der Waals surface area contributed by atoms with Crippen molar-refractivity contribution in [3.63, 3.8) is 0 Å². The van der Waals surface area contributed by atoms with Gasteiger partial charge in [0.05, 0.1) is 0 Å². The third kappa shape index (κ3) is 3.10. The average Bonchev–Trinajstić information content (AvgIpc) is 3.31. The first kappa shape index (κ1) is 13.4. The molecule has 0 saturated heterocycles. The quantitative estimate of drug-likeness (QED) is 0.819. The third-order valence-corrected chi connectivity index (χ3v) is 4.26. The van der Waals surface area contributed by atoms with Crippen LogP contribution in [0.5, 0.6) is 0 Å². The lowest BCUT2D eigenvalue weighted by molar-refractivity contribution is 0.427. The Kier molecular flexibility index (Phi) is 3.88. The summed E-state index contributed by atoms with van der Waals surface area (Å²) in [4.78, 5) is 0. The van der Waals surface area contributed by atoms with Crippen LogP contribution in [0.15, 0.2) is 54.6 Å². The van der Waals surface area contributed by atoms with Crippen molar-refractivity contribution in [2.75, 3.05) is 0 Å². The van der Waals surface area contributed by atoms with E-state index in [2.05, 4.69) is 73.8 Å². The predicted octanol–water partition coefficient (Wildman–Crippen LogP) is 4.80. The Labute approximate surface area is 122 Å². The van der Waals surface area contributed by atoms with Crippen LogP contribution in [0.4, 0.5) is 0 Å². The molecule has 0 aliphatic heterocycles. The fourth-order valence-corrected chi connectivity index (χ4v) is 2.82. The molecule has 0 heterocycles. The van der Waals surface area contributed by atoms with E-state index in [0.29, 0.717) is 12.1 Å². The van der Waals surface area contributed by atoms with Crippen LogP contribution in [-0.2, 0) is 0 Å². The van der Waals surface area contributed by atoms with Gasteiger partial charge >= 0.3 is 0 Å². The third-order valence-electron chi connectivity index (χ3n) is 4.26. The highest BCUT2D eigenvalue weighted by atomic mass is 15.0. The summed E-state index contributed by atoms with van der Waals surface area (Å²) < 4.78 is 0. The molecule has 1 fully saturated rings. The number of hydrogen-bond acceptors (Lipinski definition) is 1. The number of nitrogens with one attached hydrogen (secondary N) is 1. The zero-order valence-electron chi connectivity index (χ0n) is 12.3. The fourth-order valence-electron chi connectivity index (χ4n) is 2.82. The van der Waals surface area contributed by atoms with Crippen molar-refractivity contribution in [3.8, 4) is 0 Å². The standard InChI is InChI=1S/C19H23N/c1-14-8-10-17(11-9-14)19(18-12-13-18)20-15(2)16-6-4-3-5-7-16/h3-11,15,18-20H,12-13H2,1-2H3. The monoisotopic (exact) mass is 265 g/mol. The summed E-state index contributed by atoms with van der Waals surface area (Å²) in [6.45, 7) is 4.41. The van der Waals surface area contributed by atoms with Gasteiger partial charge in [-0.15, -0.1) is 0 Å². The topological polar surface area (TPSA) is 12.0 Å². The van der Waals surface area contributed by atoms with E-state index in [9.17, 15) is 0 Å². The summed E-state index contributed by atoms with van der Waals surface area (Å²) >= 11 is 0. The second-order valence-electron chi connectivity index (χ2n) is 6.02. The van der Waals surface area contributed by atoms with Gasteiger partial charge < -0.3 is 5.32 Å². The van der Waals surface area contributed by atoms with Gasteiger partial charge in [0.15, 0.2) is 0 Å². The molecule has 3 rings (SSSR count). The van der Waals surface area contributed by atoms with Crippen LogP contribution in [0.25, 0.3) is 0 Å². The average molecular weight is 265 g/mol. The van der Waals surface area contributed by atoms with Gasteiger partial charge in [-0.05, 0) is 43.7 Å². The van der Waals surface area contributed by atoms with Crippen molar-refractivity contribution in [2.24, 2.45) is 5.92 Å². The summed E-state index contributed by atoms with van der Waals surface area (Å²) in [6, 6.07) is 20.6. The van der Waals surface area contributed by atoms with Gasteiger partial charge in [-0.2, -0.15) is 0 Å². The Morgan fingerprint density at radius 2 is 1.55 bits per heavy atom. The zero-order valence-corrected chi connectivity index (χ0v) is 12.3. The van der Waals surface area contributed by atoms with Crippen LogP contribution in [0, 0.1) is 12.8 Å². The summed E-state index contributed by atoms with van der Waals surface area (Å²) in [7, 11) is 0. The predicted molar refractivity (Wildman–Crippen MR) is 84.6 cm³/mol. The Hall–Kier alpha value is -1.60. The molecule has 2 unspecified atom stereocenters. The Balaban J connectivity index is 1.76. The molecule has 1 heteroatoms. The maximum Gasteiger partial charge on any atom is 0.0353 e. The van der Waals surface area contributed by atoms with Crippen molar-refractivity contribution in [1.82, 2.24) is 5.32 Å². The van der Waals surface area contributed by atoms with E-state index in [1.165, 1.54) is 29.5 Å². The highest BCUT2D eigenvalue weighted by molar-refractivity contribution is 5.27. The zero-order chi connectivity index (χ0) is 13.9. The molecule has 2 aromatic rings. The number of aryl methyl sites for hydroxylation is 1. The van der Waals surface area contributed by atoms with Crippen molar-refractivity contribution in [2.45, 2.75) is 38.8 Å². The first-order valence-electron chi connectivity index (χ1n) is 7.61. The summed E-state index contributed by atoms with van der Waals surface area (Å²) in [5.74, 6) is 0.809. The maximum atomic E-state index is 3.83.